The van der Waals surface area contributed by atoms with Crippen molar-refractivity contribution in [1.82, 2.24) is 4.57 Å². The number of ether oxygens (including phenoxy) is 2. The van der Waals surface area contributed by atoms with Gasteiger partial charge in [0.1, 0.15) is 5.75 Å². The van der Waals surface area contributed by atoms with E-state index in [1.54, 1.807) is 0 Å². The van der Waals surface area contributed by atoms with Gasteiger partial charge in [-0.2, -0.15) is 0 Å². The van der Waals surface area contributed by atoms with Crippen molar-refractivity contribution >= 4 is 17.1 Å². The number of nitrogens with zero attached hydrogens (tertiary/aromatic N) is 2. The second-order valence-electron chi connectivity index (χ2n) is 19.5. The minimum Gasteiger partial charge on any atom is -0.493 e. The predicted molar refractivity (Wildman–Crippen MR) is 290 cm³/mol. The van der Waals surface area contributed by atoms with Crippen LogP contribution in [0, 0.1) is 19.8 Å². The first-order valence-corrected chi connectivity index (χ1v) is 26.3. The van der Waals surface area contributed by atoms with Gasteiger partial charge in [0, 0.05) is 11.4 Å². The number of benzene rings is 6. The van der Waals surface area contributed by atoms with Crippen LogP contribution >= 0.6 is 0 Å². The van der Waals surface area contributed by atoms with Crippen LogP contribution in [0.1, 0.15) is 140 Å². The van der Waals surface area contributed by atoms with Crippen LogP contribution in [0.4, 0.5) is 17.1 Å². The van der Waals surface area contributed by atoms with Gasteiger partial charge in [-0.3, -0.25) is 0 Å². The maximum absolute atomic E-state index is 6.77. The first-order chi connectivity index (χ1) is 33.4. The molecular weight excluding hydrogens is 829 g/mol. The van der Waals surface area contributed by atoms with Gasteiger partial charge in [-0.05, 0) is 158 Å². The Balaban J connectivity index is 1.12. The Morgan fingerprint density at radius 2 is 1.06 bits per heavy atom. The van der Waals surface area contributed by atoms with Crippen LogP contribution in [0.3, 0.4) is 0 Å². The SMILES string of the molecule is CCCCCCCCc1cc(-c2ccc(C)cc2)n(-c2ccc(CCCCCC)cc2)c1-c1ccc(-c2ccc3c(c2)Oc2cc(C)ccc2N3c2ccc(OCC(CC)CCCC)cc2)cc1. The van der Waals surface area contributed by atoms with Crippen molar-refractivity contribution in [2.24, 2.45) is 5.92 Å². The Kier molecular flexibility index (Phi) is 17.0. The average Bonchev–Trinajstić information content (AvgIpc) is 3.75. The van der Waals surface area contributed by atoms with Crippen molar-refractivity contribution in [3.8, 4) is 56.6 Å². The topological polar surface area (TPSA) is 26.6 Å². The van der Waals surface area contributed by atoms with E-state index < -0.39 is 0 Å². The van der Waals surface area contributed by atoms with Crippen LogP contribution in [-0.4, -0.2) is 11.2 Å². The van der Waals surface area contributed by atoms with Gasteiger partial charge in [-0.25, -0.2) is 0 Å². The highest BCUT2D eigenvalue weighted by Crippen LogP contribution is 2.52. The lowest BCUT2D eigenvalue weighted by atomic mass is 9.98. The largest absolute Gasteiger partial charge is 0.493 e. The Hall–Kier alpha value is -6.00. The molecule has 8 rings (SSSR count). The zero-order valence-corrected chi connectivity index (χ0v) is 42.1. The highest BCUT2D eigenvalue weighted by atomic mass is 16.5. The molecule has 1 aromatic heterocycles. The molecule has 1 aliphatic heterocycles. The van der Waals surface area contributed by atoms with Gasteiger partial charge in [0.2, 0.25) is 0 Å². The summed E-state index contributed by atoms with van der Waals surface area (Å²) in [6.07, 6.45) is 19.8. The van der Waals surface area contributed by atoms with E-state index in [1.165, 1.54) is 134 Å². The molecule has 1 unspecified atom stereocenters. The van der Waals surface area contributed by atoms with Crippen molar-refractivity contribution in [1.29, 1.82) is 0 Å². The first-order valence-electron chi connectivity index (χ1n) is 26.3. The van der Waals surface area contributed by atoms with E-state index >= 15 is 0 Å². The smallest absolute Gasteiger partial charge is 0.152 e. The molecule has 0 bridgehead atoms. The summed E-state index contributed by atoms with van der Waals surface area (Å²) in [6.45, 7) is 14.2. The Bertz CT molecular complexity index is 2650. The molecule has 0 fully saturated rings. The van der Waals surface area contributed by atoms with E-state index in [-0.39, 0.29) is 0 Å². The summed E-state index contributed by atoms with van der Waals surface area (Å²) in [7, 11) is 0. The monoisotopic (exact) mass is 905 g/mol. The molecule has 0 aliphatic carbocycles. The van der Waals surface area contributed by atoms with Crippen LogP contribution in [0.5, 0.6) is 17.2 Å². The zero-order valence-electron chi connectivity index (χ0n) is 42.1. The number of fused-ring (bicyclic) bond motifs is 2. The van der Waals surface area contributed by atoms with Gasteiger partial charge in [0.05, 0.1) is 29.4 Å². The molecule has 0 N–H and O–H groups in total. The molecule has 0 saturated carbocycles. The molecule has 1 atom stereocenters. The molecule has 4 heteroatoms. The summed E-state index contributed by atoms with van der Waals surface area (Å²) >= 11 is 0. The summed E-state index contributed by atoms with van der Waals surface area (Å²) in [5.41, 5.74) is 17.0. The Labute approximate surface area is 409 Å². The van der Waals surface area contributed by atoms with Crippen LogP contribution in [0.25, 0.3) is 39.3 Å². The minimum absolute atomic E-state index is 0.588. The normalized spacial score (nSPS) is 12.4. The highest BCUT2D eigenvalue weighted by molar-refractivity contribution is 5.88. The molecule has 354 valence electrons. The van der Waals surface area contributed by atoms with Crippen molar-refractivity contribution in [3.05, 3.63) is 162 Å². The Morgan fingerprint density at radius 3 is 1.76 bits per heavy atom. The van der Waals surface area contributed by atoms with E-state index in [0.717, 1.165) is 71.3 Å². The third-order valence-electron chi connectivity index (χ3n) is 14.1. The zero-order chi connectivity index (χ0) is 47.2. The van der Waals surface area contributed by atoms with E-state index in [9.17, 15) is 0 Å². The predicted octanol–water partition coefficient (Wildman–Crippen LogP) is 19.3. The summed E-state index contributed by atoms with van der Waals surface area (Å²) in [6, 6.07) is 52.1. The molecule has 7 aromatic rings. The third-order valence-corrected chi connectivity index (χ3v) is 14.1. The van der Waals surface area contributed by atoms with Crippen molar-refractivity contribution in [2.45, 2.75) is 144 Å². The molecule has 0 saturated heterocycles. The molecule has 0 amide bonds. The number of unbranched alkanes of at least 4 members (excludes halogenated alkanes) is 9. The molecule has 4 nitrogen and oxygen atoms in total. The van der Waals surface area contributed by atoms with Crippen LogP contribution < -0.4 is 14.4 Å². The lowest BCUT2D eigenvalue weighted by Crippen LogP contribution is -2.16. The van der Waals surface area contributed by atoms with Gasteiger partial charge in [0.25, 0.3) is 0 Å². The van der Waals surface area contributed by atoms with E-state index in [1.807, 2.05) is 0 Å². The standard InChI is InChI=1S/C64H76N2O2/c1-7-11-14-16-17-19-22-55-44-61(52-28-23-47(5)24-29-52)66(57-35-26-50(27-36-57)21-18-15-12-8-2)64(55)53-32-30-51(31-33-53)54-34-42-60-63(45-54)68-62-43-48(6)25-41-59(62)65(60)56-37-39-58(40-38-56)67-46-49(10-4)20-13-9-3/h23-45,49H,7-22,46H2,1-6H3. The Morgan fingerprint density at radius 1 is 0.485 bits per heavy atom. The molecule has 0 spiro atoms. The van der Waals surface area contributed by atoms with Gasteiger partial charge in [-0.15, -0.1) is 0 Å². The molecule has 68 heavy (non-hydrogen) atoms. The summed E-state index contributed by atoms with van der Waals surface area (Å²) in [4.78, 5) is 2.32. The number of anilines is 3. The summed E-state index contributed by atoms with van der Waals surface area (Å²) in [5.74, 6) is 3.21. The van der Waals surface area contributed by atoms with Crippen LogP contribution in [0.2, 0.25) is 0 Å². The minimum atomic E-state index is 0.588. The van der Waals surface area contributed by atoms with Gasteiger partial charge >= 0.3 is 0 Å². The second kappa shape index (κ2) is 23.8. The summed E-state index contributed by atoms with van der Waals surface area (Å²) in [5, 5.41) is 0. The highest BCUT2D eigenvalue weighted by Gasteiger charge is 2.27. The van der Waals surface area contributed by atoms with E-state index in [0.29, 0.717) is 5.92 Å². The van der Waals surface area contributed by atoms with Gasteiger partial charge < -0.3 is 18.9 Å². The molecule has 0 radical (unpaired) electrons. The number of hydrogen-bond donors (Lipinski definition) is 0. The van der Waals surface area contributed by atoms with Crippen molar-refractivity contribution in [2.75, 3.05) is 11.5 Å². The molecule has 6 aromatic carbocycles. The average molecular weight is 905 g/mol. The van der Waals surface area contributed by atoms with Gasteiger partial charge in [0.15, 0.2) is 11.5 Å². The fraction of sp³-hybridized carbons (Fsp3) is 0.375. The molecule has 1 aliphatic rings. The lowest BCUT2D eigenvalue weighted by Gasteiger charge is -2.33. The number of aryl methyl sites for hydroxylation is 4. The number of rotatable bonds is 24. The maximum atomic E-state index is 6.77. The van der Waals surface area contributed by atoms with Crippen molar-refractivity contribution < 1.29 is 9.47 Å². The van der Waals surface area contributed by atoms with E-state index in [2.05, 4.69) is 191 Å². The fourth-order valence-electron chi connectivity index (χ4n) is 9.93. The number of aromatic nitrogens is 1. The quantitative estimate of drug-likeness (QED) is 0.0565. The first kappa shape index (κ1) is 48.5. The molecular formula is C64H76N2O2. The third kappa shape index (κ3) is 11.8. The summed E-state index contributed by atoms with van der Waals surface area (Å²) < 4.78 is 15.6. The lowest BCUT2D eigenvalue weighted by molar-refractivity contribution is 0.233. The second-order valence-corrected chi connectivity index (χ2v) is 19.5. The maximum Gasteiger partial charge on any atom is 0.152 e. The molecule has 2 heterocycles. The fourth-order valence-corrected chi connectivity index (χ4v) is 9.93. The van der Waals surface area contributed by atoms with Crippen LogP contribution in [0.15, 0.2) is 140 Å². The van der Waals surface area contributed by atoms with Crippen LogP contribution in [-0.2, 0) is 12.8 Å². The van der Waals surface area contributed by atoms with Crippen molar-refractivity contribution in [3.63, 3.8) is 0 Å². The van der Waals surface area contributed by atoms with E-state index in [4.69, 9.17) is 9.47 Å². The van der Waals surface area contributed by atoms with Gasteiger partial charge in [-0.1, -0.05) is 177 Å². The number of hydrogen-bond acceptors (Lipinski definition) is 3.